The molecule has 4 aromatic rings. The monoisotopic (exact) mass is 559 g/mol. The van der Waals surface area contributed by atoms with Gasteiger partial charge < -0.3 is 24.4 Å². The molecule has 0 radical (unpaired) electrons. The molecule has 1 aromatic carbocycles. The zero-order valence-electron chi connectivity index (χ0n) is 24.8. The van der Waals surface area contributed by atoms with Gasteiger partial charge in [0.2, 0.25) is 5.91 Å². The summed E-state index contributed by atoms with van der Waals surface area (Å²) in [4.78, 5) is 49.7. The standard InChI is InChI=1S/C31H37N5O5/c1-18-22(33-26(37)21-17-24(30(3,4)5)40-19(21)2)12-13-23-25(18)27(38)41-29(34-23)35-31(6,7)28(39)36(8)16-14-20-11-9-10-15-32-20/h9-13,15,17H,14,16H2,1-8H3,(H,33,37)(H,34,35). The van der Waals surface area contributed by atoms with Crippen LogP contribution in [0, 0.1) is 13.8 Å². The van der Waals surface area contributed by atoms with Crippen LogP contribution in [0.3, 0.4) is 0 Å². The van der Waals surface area contributed by atoms with Gasteiger partial charge in [-0.05, 0) is 63.6 Å². The summed E-state index contributed by atoms with van der Waals surface area (Å²) in [6, 6.07) is 10.7. The number of hydrogen-bond donors (Lipinski definition) is 2. The number of furan rings is 1. The molecule has 0 unspecified atom stereocenters. The van der Waals surface area contributed by atoms with Crippen molar-refractivity contribution in [2.24, 2.45) is 0 Å². The number of pyridine rings is 1. The van der Waals surface area contributed by atoms with E-state index in [-0.39, 0.29) is 28.6 Å². The molecule has 0 saturated carbocycles. The van der Waals surface area contributed by atoms with Gasteiger partial charge in [0, 0.05) is 43.0 Å². The molecule has 4 rings (SSSR count). The minimum absolute atomic E-state index is 0.0705. The second-order valence-electron chi connectivity index (χ2n) is 11.8. The van der Waals surface area contributed by atoms with Crippen LogP contribution in [0.15, 0.2) is 56.2 Å². The van der Waals surface area contributed by atoms with E-state index in [2.05, 4.69) is 20.6 Å². The molecule has 41 heavy (non-hydrogen) atoms. The van der Waals surface area contributed by atoms with Crippen LogP contribution in [0.25, 0.3) is 10.9 Å². The molecular weight excluding hydrogens is 522 g/mol. The summed E-state index contributed by atoms with van der Waals surface area (Å²) in [6.45, 7) is 13.4. The number of rotatable bonds is 8. The third-order valence-electron chi connectivity index (χ3n) is 6.94. The van der Waals surface area contributed by atoms with E-state index in [1.807, 2.05) is 39.0 Å². The molecule has 2 N–H and O–H groups in total. The SMILES string of the molecule is Cc1oc(C(C)(C)C)cc1C(=O)Nc1ccc2nc(NC(C)(C)C(=O)N(C)CCc3ccccn3)oc(=O)c2c1C. The zero-order chi connectivity index (χ0) is 30.1. The molecule has 3 aromatic heterocycles. The molecule has 216 valence electrons. The van der Waals surface area contributed by atoms with E-state index < -0.39 is 11.2 Å². The minimum atomic E-state index is -1.10. The highest BCUT2D eigenvalue weighted by Crippen LogP contribution is 2.29. The van der Waals surface area contributed by atoms with E-state index >= 15 is 0 Å². The molecule has 2 amide bonds. The Morgan fingerprint density at radius 1 is 1.02 bits per heavy atom. The Bertz CT molecular complexity index is 1650. The number of anilines is 2. The fourth-order valence-electron chi connectivity index (χ4n) is 4.50. The Kier molecular flexibility index (Phi) is 8.05. The molecule has 0 atom stereocenters. The van der Waals surface area contributed by atoms with Gasteiger partial charge in [-0.2, -0.15) is 4.98 Å². The first-order valence-electron chi connectivity index (χ1n) is 13.5. The topological polar surface area (TPSA) is 131 Å². The molecule has 0 aliphatic heterocycles. The maximum absolute atomic E-state index is 13.2. The fraction of sp³-hybridized carbons (Fsp3) is 0.387. The number of carbonyl (C=O) groups excluding carboxylic acids is 2. The van der Waals surface area contributed by atoms with Crippen molar-refractivity contribution in [2.45, 2.75) is 65.8 Å². The van der Waals surface area contributed by atoms with E-state index in [9.17, 15) is 14.4 Å². The molecule has 0 saturated heterocycles. The van der Waals surface area contributed by atoms with Crippen LogP contribution in [0.2, 0.25) is 0 Å². The Labute approximate surface area is 239 Å². The van der Waals surface area contributed by atoms with Crippen molar-refractivity contribution < 1.29 is 18.4 Å². The van der Waals surface area contributed by atoms with Gasteiger partial charge in [-0.3, -0.25) is 14.6 Å². The van der Waals surface area contributed by atoms with Gasteiger partial charge in [0.25, 0.3) is 11.9 Å². The lowest BCUT2D eigenvalue weighted by Gasteiger charge is -2.30. The molecule has 0 spiro atoms. The number of nitrogens with one attached hydrogen (secondary N) is 2. The number of aryl methyl sites for hydroxylation is 2. The van der Waals surface area contributed by atoms with Crippen LogP contribution in [0.4, 0.5) is 11.7 Å². The van der Waals surface area contributed by atoms with Gasteiger partial charge in [-0.1, -0.05) is 26.8 Å². The van der Waals surface area contributed by atoms with E-state index in [1.165, 1.54) is 0 Å². The molecule has 10 heteroatoms. The molecular formula is C31H37N5O5. The summed E-state index contributed by atoms with van der Waals surface area (Å²) in [5.74, 6) is 0.687. The summed E-state index contributed by atoms with van der Waals surface area (Å²) < 4.78 is 11.3. The Balaban J connectivity index is 1.51. The first-order valence-corrected chi connectivity index (χ1v) is 13.5. The van der Waals surface area contributed by atoms with Crippen LogP contribution in [0.5, 0.6) is 0 Å². The smallest absolute Gasteiger partial charge is 0.348 e. The van der Waals surface area contributed by atoms with Crippen molar-refractivity contribution in [3.63, 3.8) is 0 Å². The van der Waals surface area contributed by atoms with Crippen LogP contribution in [0.1, 0.15) is 67.8 Å². The molecule has 3 heterocycles. The molecule has 0 aliphatic carbocycles. The van der Waals surface area contributed by atoms with Gasteiger partial charge in [-0.25, -0.2) is 4.79 Å². The first kappa shape index (κ1) is 29.5. The molecule has 10 nitrogen and oxygen atoms in total. The third-order valence-corrected chi connectivity index (χ3v) is 6.94. The maximum Gasteiger partial charge on any atom is 0.348 e. The normalized spacial score (nSPS) is 11.9. The van der Waals surface area contributed by atoms with Crippen molar-refractivity contribution in [2.75, 3.05) is 24.2 Å². The van der Waals surface area contributed by atoms with Gasteiger partial charge in [-0.15, -0.1) is 0 Å². The average molecular weight is 560 g/mol. The van der Waals surface area contributed by atoms with Crippen molar-refractivity contribution in [3.05, 3.63) is 81.4 Å². The van der Waals surface area contributed by atoms with Gasteiger partial charge >= 0.3 is 5.63 Å². The van der Waals surface area contributed by atoms with Crippen molar-refractivity contribution in [3.8, 4) is 0 Å². The van der Waals surface area contributed by atoms with Crippen molar-refractivity contribution >= 4 is 34.4 Å². The number of aromatic nitrogens is 2. The lowest BCUT2D eigenvalue weighted by Crippen LogP contribution is -2.49. The van der Waals surface area contributed by atoms with Gasteiger partial charge in [0.05, 0.1) is 16.5 Å². The first-order chi connectivity index (χ1) is 19.2. The summed E-state index contributed by atoms with van der Waals surface area (Å²) in [5, 5.41) is 6.09. The quantitative estimate of drug-likeness (QED) is 0.300. The molecule has 0 aliphatic rings. The number of likely N-dealkylation sites (N-methyl/N-ethyl adjacent to an activating group) is 1. The number of nitrogens with zero attached hydrogens (tertiary/aromatic N) is 3. The van der Waals surface area contributed by atoms with E-state index in [1.54, 1.807) is 64.0 Å². The minimum Gasteiger partial charge on any atom is -0.465 e. The van der Waals surface area contributed by atoms with Crippen LogP contribution in [-0.4, -0.2) is 45.8 Å². The Morgan fingerprint density at radius 3 is 2.39 bits per heavy atom. The second kappa shape index (κ2) is 11.2. The Morgan fingerprint density at radius 2 is 1.76 bits per heavy atom. The lowest BCUT2D eigenvalue weighted by atomic mass is 9.93. The highest BCUT2D eigenvalue weighted by Gasteiger charge is 2.32. The highest BCUT2D eigenvalue weighted by molar-refractivity contribution is 6.06. The average Bonchev–Trinajstić information content (AvgIpc) is 3.31. The van der Waals surface area contributed by atoms with Gasteiger partial charge in [0.15, 0.2) is 0 Å². The summed E-state index contributed by atoms with van der Waals surface area (Å²) in [6.07, 6.45) is 2.33. The van der Waals surface area contributed by atoms with Gasteiger partial charge in [0.1, 0.15) is 17.1 Å². The number of fused-ring (bicyclic) bond motifs is 1. The van der Waals surface area contributed by atoms with Crippen LogP contribution in [-0.2, 0) is 16.6 Å². The summed E-state index contributed by atoms with van der Waals surface area (Å²) >= 11 is 0. The second-order valence-corrected chi connectivity index (χ2v) is 11.8. The highest BCUT2D eigenvalue weighted by atomic mass is 16.4. The molecule has 0 fully saturated rings. The Hall–Kier alpha value is -4.47. The van der Waals surface area contributed by atoms with Crippen LogP contribution < -0.4 is 16.3 Å². The van der Waals surface area contributed by atoms with E-state index in [4.69, 9.17) is 8.83 Å². The number of hydrogen-bond acceptors (Lipinski definition) is 8. The number of amides is 2. The predicted molar refractivity (Wildman–Crippen MR) is 158 cm³/mol. The maximum atomic E-state index is 13.2. The van der Waals surface area contributed by atoms with Crippen molar-refractivity contribution in [1.82, 2.24) is 14.9 Å². The zero-order valence-corrected chi connectivity index (χ0v) is 24.8. The largest absolute Gasteiger partial charge is 0.465 e. The summed E-state index contributed by atoms with van der Waals surface area (Å²) in [7, 11) is 1.72. The number of carbonyl (C=O) groups is 2. The predicted octanol–water partition coefficient (Wildman–Crippen LogP) is 5.23. The van der Waals surface area contributed by atoms with Crippen LogP contribution >= 0.6 is 0 Å². The lowest BCUT2D eigenvalue weighted by molar-refractivity contribution is -0.133. The third kappa shape index (κ3) is 6.48. The van der Waals surface area contributed by atoms with E-state index in [0.717, 1.165) is 5.69 Å². The fourth-order valence-corrected chi connectivity index (χ4v) is 4.50. The summed E-state index contributed by atoms with van der Waals surface area (Å²) in [5.41, 5.74) is 0.690. The molecule has 0 bridgehead atoms. The van der Waals surface area contributed by atoms with E-state index in [0.29, 0.717) is 46.8 Å². The van der Waals surface area contributed by atoms with Crippen molar-refractivity contribution in [1.29, 1.82) is 0 Å². The number of benzene rings is 1.